The number of hydrogen-bond donors (Lipinski definition) is 2. The molecule has 2 aliphatic rings. The summed E-state index contributed by atoms with van der Waals surface area (Å²) in [6, 6.07) is 12.5. The quantitative estimate of drug-likeness (QED) is 0.757. The number of likely N-dealkylation sites (tertiary alicyclic amines) is 1. The number of urea groups is 1. The summed E-state index contributed by atoms with van der Waals surface area (Å²) in [5, 5.41) is 5.01. The van der Waals surface area contributed by atoms with Crippen molar-refractivity contribution in [2.45, 2.75) is 37.1 Å². The van der Waals surface area contributed by atoms with Crippen LogP contribution in [0.15, 0.2) is 54.6 Å². The maximum atomic E-state index is 13.5. The summed E-state index contributed by atoms with van der Waals surface area (Å²) in [5.41, 5.74) is 0.236. The number of hydrogen-bond acceptors (Lipinski definition) is 3. The third-order valence-electron chi connectivity index (χ3n) is 5.97. The summed E-state index contributed by atoms with van der Waals surface area (Å²) in [6.07, 6.45) is -4.12. The first-order valence-corrected chi connectivity index (χ1v) is 10.5. The van der Waals surface area contributed by atoms with Crippen LogP contribution >= 0.6 is 0 Å². The minimum atomic E-state index is -4.57. The molecule has 0 bridgehead atoms. The summed E-state index contributed by atoms with van der Waals surface area (Å²) < 4.78 is 46.8. The fourth-order valence-electron chi connectivity index (χ4n) is 4.08. The van der Waals surface area contributed by atoms with Gasteiger partial charge in [-0.15, -0.1) is 0 Å². The van der Waals surface area contributed by atoms with Gasteiger partial charge in [0.05, 0.1) is 12.1 Å². The van der Waals surface area contributed by atoms with Crippen LogP contribution in [0.2, 0.25) is 0 Å². The molecule has 32 heavy (non-hydrogen) atoms. The number of nitrogens with one attached hydrogen (secondary N) is 2. The zero-order valence-electron chi connectivity index (χ0n) is 17.3. The number of carbonyl (C=O) groups excluding carboxylic acids is 2. The van der Waals surface area contributed by atoms with Crippen molar-refractivity contribution in [3.63, 3.8) is 0 Å². The van der Waals surface area contributed by atoms with E-state index in [2.05, 4.69) is 10.6 Å². The molecule has 2 aliphatic heterocycles. The first-order chi connectivity index (χ1) is 15.3. The van der Waals surface area contributed by atoms with E-state index in [0.29, 0.717) is 29.7 Å². The minimum absolute atomic E-state index is 0.222. The maximum Gasteiger partial charge on any atom is 0.408 e. The third-order valence-corrected chi connectivity index (χ3v) is 5.97. The van der Waals surface area contributed by atoms with E-state index in [9.17, 15) is 22.8 Å². The van der Waals surface area contributed by atoms with E-state index in [1.54, 1.807) is 54.6 Å². The van der Waals surface area contributed by atoms with Gasteiger partial charge in [0.1, 0.15) is 17.4 Å². The van der Waals surface area contributed by atoms with Gasteiger partial charge in [0.25, 0.3) is 5.91 Å². The van der Waals surface area contributed by atoms with Crippen molar-refractivity contribution in [1.82, 2.24) is 15.5 Å². The molecule has 6 nitrogen and oxygen atoms in total. The molecule has 0 aromatic heterocycles. The van der Waals surface area contributed by atoms with Gasteiger partial charge in [0, 0.05) is 32.4 Å². The number of halogens is 3. The van der Waals surface area contributed by atoms with Gasteiger partial charge in [0.2, 0.25) is 0 Å². The highest BCUT2D eigenvalue weighted by molar-refractivity contribution is 5.97. The topological polar surface area (TPSA) is 70.7 Å². The molecule has 2 aromatic carbocycles. The van der Waals surface area contributed by atoms with Crippen LogP contribution < -0.4 is 15.4 Å². The number of alkyl halides is 3. The van der Waals surface area contributed by atoms with Gasteiger partial charge in [-0.3, -0.25) is 4.79 Å². The molecule has 2 N–H and O–H groups in total. The van der Waals surface area contributed by atoms with E-state index in [1.807, 2.05) is 0 Å². The van der Waals surface area contributed by atoms with Crippen molar-refractivity contribution in [1.29, 1.82) is 0 Å². The van der Waals surface area contributed by atoms with E-state index in [1.165, 1.54) is 4.90 Å². The fraction of sp³-hybridized carbons (Fsp3) is 0.391. The molecule has 1 saturated heterocycles. The van der Waals surface area contributed by atoms with Gasteiger partial charge in [-0.25, -0.2) is 4.79 Å². The molecule has 0 radical (unpaired) electrons. The molecule has 4 rings (SSSR count). The number of amides is 3. The molecule has 1 atom stereocenters. The van der Waals surface area contributed by atoms with Gasteiger partial charge in [-0.05, 0) is 17.7 Å². The van der Waals surface area contributed by atoms with Crippen molar-refractivity contribution in [3.8, 4) is 5.75 Å². The van der Waals surface area contributed by atoms with Crippen molar-refractivity contribution < 1.29 is 27.5 Å². The molecule has 2 aromatic rings. The lowest BCUT2D eigenvalue weighted by Gasteiger charge is -2.41. The van der Waals surface area contributed by atoms with Crippen LogP contribution in [0, 0.1) is 0 Å². The summed E-state index contributed by atoms with van der Waals surface area (Å²) in [6.45, 7) is 0.717. The van der Waals surface area contributed by atoms with Gasteiger partial charge >= 0.3 is 12.2 Å². The van der Waals surface area contributed by atoms with Crippen LogP contribution in [-0.4, -0.2) is 54.3 Å². The number of piperidine rings is 1. The van der Waals surface area contributed by atoms with E-state index in [0.717, 1.165) is 0 Å². The van der Waals surface area contributed by atoms with Gasteiger partial charge < -0.3 is 20.3 Å². The number of ether oxygens (including phenoxy) is 1. The maximum absolute atomic E-state index is 13.5. The summed E-state index contributed by atoms with van der Waals surface area (Å²) in [4.78, 5) is 26.3. The number of fused-ring (bicyclic) bond motifs is 1. The second-order valence-electron chi connectivity index (χ2n) is 8.18. The lowest BCUT2D eigenvalue weighted by molar-refractivity contribution is -0.153. The largest absolute Gasteiger partial charge is 0.484 e. The number of carbonyl (C=O) groups is 2. The molecule has 1 fully saturated rings. The standard InChI is InChI=1S/C23H24F3N3O3/c24-23(25,26)19(14-16-6-2-1-3-7-16)28-21(31)29-12-10-22(11-13-29)15-27-20(30)17-8-4-5-9-18(17)32-22/h1-9,19H,10-15H2,(H,27,30)(H,28,31). The van der Waals surface area contributed by atoms with Crippen LogP contribution in [0.3, 0.4) is 0 Å². The number of benzene rings is 2. The molecule has 170 valence electrons. The molecule has 2 heterocycles. The second kappa shape index (κ2) is 8.72. The Hall–Kier alpha value is -3.23. The predicted octanol–water partition coefficient (Wildman–Crippen LogP) is 3.53. The molecular weight excluding hydrogens is 423 g/mol. The average Bonchev–Trinajstić information content (AvgIpc) is 2.91. The van der Waals surface area contributed by atoms with Crippen molar-refractivity contribution in [2.24, 2.45) is 0 Å². The Morgan fingerprint density at radius 2 is 1.75 bits per heavy atom. The van der Waals surface area contributed by atoms with E-state index in [-0.39, 0.29) is 32.0 Å². The highest BCUT2D eigenvalue weighted by Crippen LogP contribution is 2.33. The third kappa shape index (κ3) is 4.81. The Labute approximate surface area is 183 Å². The highest BCUT2D eigenvalue weighted by Gasteiger charge is 2.44. The van der Waals surface area contributed by atoms with Crippen LogP contribution in [-0.2, 0) is 6.42 Å². The van der Waals surface area contributed by atoms with E-state index < -0.39 is 23.9 Å². The minimum Gasteiger partial charge on any atom is -0.484 e. The normalized spacial score (nSPS) is 18.7. The molecule has 1 spiro atoms. The van der Waals surface area contributed by atoms with E-state index >= 15 is 0 Å². The highest BCUT2D eigenvalue weighted by atomic mass is 19.4. The number of para-hydroxylation sites is 1. The summed E-state index contributed by atoms with van der Waals surface area (Å²) in [7, 11) is 0. The SMILES string of the molecule is O=C1NCC2(CCN(C(=O)NC(Cc3ccccc3)C(F)(F)F)CC2)Oc2ccccc21. The predicted molar refractivity (Wildman–Crippen MR) is 111 cm³/mol. The van der Waals surface area contributed by atoms with Crippen LogP contribution in [0.1, 0.15) is 28.8 Å². The van der Waals surface area contributed by atoms with Crippen LogP contribution in [0.4, 0.5) is 18.0 Å². The molecule has 0 aliphatic carbocycles. The van der Waals surface area contributed by atoms with Gasteiger partial charge in [-0.2, -0.15) is 13.2 Å². The van der Waals surface area contributed by atoms with E-state index in [4.69, 9.17) is 4.74 Å². The Balaban J connectivity index is 1.40. The molecular formula is C23H24F3N3O3. The number of nitrogens with zero attached hydrogens (tertiary/aromatic N) is 1. The Bertz CT molecular complexity index is 973. The van der Waals surface area contributed by atoms with Crippen molar-refractivity contribution in [3.05, 3.63) is 65.7 Å². The Kier molecular flexibility index (Phi) is 5.99. The average molecular weight is 447 g/mol. The zero-order valence-corrected chi connectivity index (χ0v) is 17.3. The zero-order chi connectivity index (χ0) is 22.8. The smallest absolute Gasteiger partial charge is 0.408 e. The van der Waals surface area contributed by atoms with Crippen molar-refractivity contribution in [2.75, 3.05) is 19.6 Å². The molecule has 9 heteroatoms. The van der Waals surface area contributed by atoms with Crippen LogP contribution in [0.25, 0.3) is 0 Å². The van der Waals surface area contributed by atoms with Crippen LogP contribution in [0.5, 0.6) is 5.75 Å². The Morgan fingerprint density at radius 3 is 2.44 bits per heavy atom. The Morgan fingerprint density at radius 1 is 1.09 bits per heavy atom. The lowest BCUT2D eigenvalue weighted by Crippen LogP contribution is -2.58. The van der Waals surface area contributed by atoms with Gasteiger partial charge in [-0.1, -0.05) is 42.5 Å². The number of rotatable bonds is 3. The molecule has 1 unspecified atom stereocenters. The fourth-order valence-corrected chi connectivity index (χ4v) is 4.08. The first-order valence-electron chi connectivity index (χ1n) is 10.5. The van der Waals surface area contributed by atoms with Crippen molar-refractivity contribution >= 4 is 11.9 Å². The van der Waals surface area contributed by atoms with Gasteiger partial charge in [0.15, 0.2) is 0 Å². The lowest BCUT2D eigenvalue weighted by atomic mass is 9.91. The monoisotopic (exact) mass is 447 g/mol. The first kappa shape index (κ1) is 22.0. The molecule has 0 saturated carbocycles. The summed E-state index contributed by atoms with van der Waals surface area (Å²) >= 11 is 0. The summed E-state index contributed by atoms with van der Waals surface area (Å²) in [5.74, 6) is 0.243. The second-order valence-corrected chi connectivity index (χ2v) is 8.18. The molecule has 3 amide bonds.